The topological polar surface area (TPSA) is 44.5 Å². The molecule has 0 fully saturated rings. The van der Waals surface area contributed by atoms with Crippen molar-refractivity contribution in [2.45, 2.75) is 32.2 Å². The minimum Gasteiger partial charge on any atom is -0.496 e. The van der Waals surface area contributed by atoms with Gasteiger partial charge in [0.15, 0.2) is 0 Å². The maximum absolute atomic E-state index is 6.17. The molecule has 0 aliphatic heterocycles. The Bertz CT molecular complexity index is 303. The third-order valence-corrected chi connectivity index (χ3v) is 2.71. The van der Waals surface area contributed by atoms with Crippen molar-refractivity contribution in [2.24, 2.45) is 5.73 Å². The van der Waals surface area contributed by atoms with Crippen molar-refractivity contribution in [3.05, 3.63) is 23.8 Å². The van der Waals surface area contributed by atoms with Crippen LogP contribution in [0.2, 0.25) is 0 Å². The third kappa shape index (κ3) is 2.89. The van der Waals surface area contributed by atoms with E-state index >= 15 is 0 Å². The van der Waals surface area contributed by atoms with Crippen molar-refractivity contribution in [2.75, 3.05) is 14.2 Å². The molecular weight excluding hydrogens is 202 g/mol. The first kappa shape index (κ1) is 12.8. The number of hydrogen-bond acceptors (Lipinski definition) is 3. The molecule has 1 aromatic carbocycles. The Morgan fingerprint density at radius 2 is 1.75 bits per heavy atom. The summed E-state index contributed by atoms with van der Waals surface area (Å²) in [7, 11) is 3.32. The highest BCUT2D eigenvalue weighted by Gasteiger charge is 2.16. The second-order valence-corrected chi connectivity index (χ2v) is 3.82. The monoisotopic (exact) mass is 223 g/mol. The van der Waals surface area contributed by atoms with Gasteiger partial charge >= 0.3 is 0 Å². The molecule has 0 aliphatic carbocycles. The Morgan fingerprint density at radius 3 is 2.19 bits per heavy atom. The predicted molar refractivity (Wildman–Crippen MR) is 66.0 cm³/mol. The highest BCUT2D eigenvalue weighted by Crippen LogP contribution is 2.34. The molecule has 0 bridgehead atoms. The van der Waals surface area contributed by atoms with Gasteiger partial charge < -0.3 is 15.2 Å². The molecule has 0 unspecified atom stereocenters. The number of rotatable bonds is 6. The van der Waals surface area contributed by atoms with Gasteiger partial charge in [-0.05, 0) is 18.6 Å². The van der Waals surface area contributed by atoms with Crippen molar-refractivity contribution < 1.29 is 9.47 Å². The predicted octanol–water partition coefficient (Wildman–Crippen LogP) is 2.89. The lowest BCUT2D eigenvalue weighted by Crippen LogP contribution is -2.12. The Labute approximate surface area is 97.6 Å². The van der Waals surface area contributed by atoms with Gasteiger partial charge in [0, 0.05) is 6.04 Å². The lowest BCUT2D eigenvalue weighted by Gasteiger charge is -2.18. The minimum absolute atomic E-state index is 0.0222. The van der Waals surface area contributed by atoms with E-state index in [0.717, 1.165) is 36.3 Å². The molecule has 1 atom stereocenters. The Hall–Kier alpha value is -1.22. The van der Waals surface area contributed by atoms with Crippen LogP contribution < -0.4 is 15.2 Å². The quantitative estimate of drug-likeness (QED) is 0.806. The van der Waals surface area contributed by atoms with Crippen LogP contribution in [0.1, 0.15) is 37.8 Å². The van der Waals surface area contributed by atoms with E-state index in [0.29, 0.717) is 0 Å². The van der Waals surface area contributed by atoms with Crippen LogP contribution >= 0.6 is 0 Å². The number of methoxy groups -OCH3 is 2. The Kier molecular flexibility index (Phi) is 5.12. The normalized spacial score (nSPS) is 12.2. The molecule has 3 heteroatoms. The average Bonchev–Trinajstić information content (AvgIpc) is 2.34. The molecule has 0 aromatic heterocycles. The highest BCUT2D eigenvalue weighted by molar-refractivity contribution is 5.46. The SMILES string of the molecule is CCCC[C@H](N)c1c(OC)cccc1OC. The lowest BCUT2D eigenvalue weighted by molar-refractivity contribution is 0.376. The summed E-state index contributed by atoms with van der Waals surface area (Å²) in [6.45, 7) is 2.16. The van der Waals surface area contributed by atoms with Crippen molar-refractivity contribution in [1.82, 2.24) is 0 Å². The second kappa shape index (κ2) is 6.38. The van der Waals surface area contributed by atoms with Gasteiger partial charge in [-0.25, -0.2) is 0 Å². The summed E-state index contributed by atoms with van der Waals surface area (Å²) in [6, 6.07) is 5.73. The molecule has 0 radical (unpaired) electrons. The van der Waals surface area contributed by atoms with Gasteiger partial charge in [-0.15, -0.1) is 0 Å². The van der Waals surface area contributed by atoms with Crippen LogP contribution in [0.5, 0.6) is 11.5 Å². The summed E-state index contributed by atoms with van der Waals surface area (Å²) < 4.78 is 10.7. The van der Waals surface area contributed by atoms with Crippen molar-refractivity contribution in [3.63, 3.8) is 0 Å². The number of ether oxygens (including phenoxy) is 2. The van der Waals surface area contributed by atoms with Gasteiger partial charge in [-0.3, -0.25) is 0 Å². The largest absolute Gasteiger partial charge is 0.496 e. The number of unbranched alkanes of at least 4 members (excludes halogenated alkanes) is 1. The molecular formula is C13H21NO2. The first-order valence-electron chi connectivity index (χ1n) is 5.71. The van der Waals surface area contributed by atoms with E-state index in [1.165, 1.54) is 0 Å². The molecule has 0 spiro atoms. The summed E-state index contributed by atoms with van der Waals surface area (Å²) in [5.74, 6) is 1.62. The van der Waals surface area contributed by atoms with E-state index in [9.17, 15) is 0 Å². The van der Waals surface area contributed by atoms with Gasteiger partial charge in [0.1, 0.15) is 11.5 Å². The van der Waals surface area contributed by atoms with E-state index in [4.69, 9.17) is 15.2 Å². The first-order chi connectivity index (χ1) is 7.74. The molecule has 90 valence electrons. The van der Waals surface area contributed by atoms with Gasteiger partial charge in [0.2, 0.25) is 0 Å². The lowest BCUT2D eigenvalue weighted by atomic mass is 10.00. The van der Waals surface area contributed by atoms with Crippen LogP contribution in [0.4, 0.5) is 0 Å². The van der Waals surface area contributed by atoms with E-state index in [1.807, 2.05) is 18.2 Å². The van der Waals surface area contributed by atoms with Crippen LogP contribution in [0.15, 0.2) is 18.2 Å². The fourth-order valence-corrected chi connectivity index (χ4v) is 1.81. The van der Waals surface area contributed by atoms with Gasteiger partial charge in [0.05, 0.1) is 19.8 Å². The van der Waals surface area contributed by atoms with E-state index < -0.39 is 0 Å². The summed E-state index contributed by atoms with van der Waals surface area (Å²) >= 11 is 0. The highest BCUT2D eigenvalue weighted by atomic mass is 16.5. The molecule has 0 heterocycles. The third-order valence-electron chi connectivity index (χ3n) is 2.71. The molecule has 0 aliphatic rings. The van der Waals surface area contributed by atoms with Crippen LogP contribution in [0, 0.1) is 0 Å². The maximum atomic E-state index is 6.17. The van der Waals surface area contributed by atoms with Gasteiger partial charge in [-0.2, -0.15) is 0 Å². The minimum atomic E-state index is -0.0222. The summed E-state index contributed by atoms with van der Waals surface area (Å²) in [4.78, 5) is 0. The zero-order chi connectivity index (χ0) is 12.0. The molecule has 0 amide bonds. The molecule has 2 N–H and O–H groups in total. The fourth-order valence-electron chi connectivity index (χ4n) is 1.81. The van der Waals surface area contributed by atoms with Crippen LogP contribution in [0.3, 0.4) is 0 Å². The van der Waals surface area contributed by atoms with Crippen LogP contribution in [-0.4, -0.2) is 14.2 Å². The molecule has 16 heavy (non-hydrogen) atoms. The number of hydrogen-bond donors (Lipinski definition) is 1. The number of benzene rings is 1. The maximum Gasteiger partial charge on any atom is 0.127 e. The standard InChI is InChI=1S/C13H21NO2/c1-4-5-7-10(14)13-11(15-2)8-6-9-12(13)16-3/h6,8-10H,4-5,7,14H2,1-3H3/t10-/m0/s1. The van der Waals surface area contributed by atoms with Crippen molar-refractivity contribution in [1.29, 1.82) is 0 Å². The first-order valence-corrected chi connectivity index (χ1v) is 5.71. The molecule has 1 aromatic rings. The zero-order valence-electron chi connectivity index (χ0n) is 10.3. The summed E-state index contributed by atoms with van der Waals surface area (Å²) in [5.41, 5.74) is 7.15. The van der Waals surface area contributed by atoms with Crippen molar-refractivity contribution in [3.8, 4) is 11.5 Å². The summed E-state index contributed by atoms with van der Waals surface area (Å²) in [5, 5.41) is 0. The van der Waals surface area contributed by atoms with Crippen LogP contribution in [-0.2, 0) is 0 Å². The average molecular weight is 223 g/mol. The second-order valence-electron chi connectivity index (χ2n) is 3.82. The molecule has 1 rings (SSSR count). The molecule has 3 nitrogen and oxygen atoms in total. The van der Waals surface area contributed by atoms with E-state index in [2.05, 4.69) is 6.92 Å². The van der Waals surface area contributed by atoms with E-state index in [-0.39, 0.29) is 6.04 Å². The van der Waals surface area contributed by atoms with Crippen molar-refractivity contribution >= 4 is 0 Å². The Balaban J connectivity index is 2.97. The fraction of sp³-hybridized carbons (Fsp3) is 0.538. The summed E-state index contributed by atoms with van der Waals surface area (Å²) in [6.07, 6.45) is 3.21. The Morgan fingerprint density at radius 1 is 1.19 bits per heavy atom. The zero-order valence-corrected chi connectivity index (χ0v) is 10.3. The number of nitrogens with two attached hydrogens (primary N) is 1. The van der Waals surface area contributed by atoms with Gasteiger partial charge in [-0.1, -0.05) is 25.8 Å². The molecule has 0 saturated heterocycles. The smallest absolute Gasteiger partial charge is 0.127 e. The van der Waals surface area contributed by atoms with Gasteiger partial charge in [0.25, 0.3) is 0 Å². The van der Waals surface area contributed by atoms with Crippen LogP contribution in [0.25, 0.3) is 0 Å². The molecule has 0 saturated carbocycles. The van der Waals surface area contributed by atoms with E-state index in [1.54, 1.807) is 14.2 Å².